The van der Waals surface area contributed by atoms with Gasteiger partial charge in [-0.3, -0.25) is 4.79 Å². The van der Waals surface area contributed by atoms with Crippen molar-refractivity contribution in [3.63, 3.8) is 0 Å². The molecule has 3 heterocycles. The SMILES string of the molecule is O=C(NC(c1cccs1)C1CC(O)C1)c1nnc2n1CCCC2. The topological polar surface area (TPSA) is 80.0 Å². The molecule has 2 aromatic rings. The van der Waals surface area contributed by atoms with E-state index in [4.69, 9.17) is 0 Å². The first kappa shape index (κ1) is 14.8. The molecule has 1 saturated carbocycles. The summed E-state index contributed by atoms with van der Waals surface area (Å²) < 4.78 is 1.94. The Bertz CT molecular complexity index is 691. The summed E-state index contributed by atoms with van der Waals surface area (Å²) in [4.78, 5) is 13.9. The van der Waals surface area contributed by atoms with Crippen molar-refractivity contribution in [2.45, 2.75) is 50.8 Å². The van der Waals surface area contributed by atoms with Gasteiger partial charge >= 0.3 is 0 Å². The van der Waals surface area contributed by atoms with Crippen LogP contribution in [0.25, 0.3) is 0 Å². The van der Waals surface area contributed by atoms with Crippen LogP contribution in [0.2, 0.25) is 0 Å². The van der Waals surface area contributed by atoms with Gasteiger partial charge in [-0.05, 0) is 43.0 Å². The first-order valence-corrected chi connectivity index (χ1v) is 9.05. The van der Waals surface area contributed by atoms with Gasteiger partial charge in [0.25, 0.3) is 5.91 Å². The lowest BCUT2D eigenvalue weighted by Crippen LogP contribution is -2.41. The minimum absolute atomic E-state index is 0.0533. The van der Waals surface area contributed by atoms with E-state index in [9.17, 15) is 9.90 Å². The number of nitrogens with zero attached hydrogens (tertiary/aromatic N) is 3. The van der Waals surface area contributed by atoms with E-state index in [1.807, 2.05) is 22.1 Å². The van der Waals surface area contributed by atoms with Crippen LogP contribution in [0.1, 0.15) is 53.0 Å². The Morgan fingerprint density at radius 2 is 2.26 bits per heavy atom. The molecule has 4 rings (SSSR count). The summed E-state index contributed by atoms with van der Waals surface area (Å²) >= 11 is 1.64. The van der Waals surface area contributed by atoms with Crippen molar-refractivity contribution in [1.29, 1.82) is 0 Å². The number of amides is 1. The Balaban J connectivity index is 1.54. The highest BCUT2D eigenvalue weighted by molar-refractivity contribution is 7.10. The summed E-state index contributed by atoms with van der Waals surface area (Å²) in [6.07, 6.45) is 4.30. The van der Waals surface area contributed by atoms with Crippen molar-refractivity contribution in [2.75, 3.05) is 0 Å². The molecule has 0 bridgehead atoms. The van der Waals surface area contributed by atoms with Crippen LogP contribution in [0.4, 0.5) is 0 Å². The van der Waals surface area contributed by atoms with Crippen LogP contribution in [-0.2, 0) is 13.0 Å². The number of aliphatic hydroxyl groups excluding tert-OH is 1. The fraction of sp³-hybridized carbons (Fsp3) is 0.562. The van der Waals surface area contributed by atoms with Crippen LogP contribution in [0.3, 0.4) is 0 Å². The molecule has 7 heteroatoms. The zero-order chi connectivity index (χ0) is 15.8. The highest BCUT2D eigenvalue weighted by atomic mass is 32.1. The maximum atomic E-state index is 12.7. The first-order chi connectivity index (χ1) is 11.2. The molecule has 0 aromatic carbocycles. The Labute approximate surface area is 138 Å². The van der Waals surface area contributed by atoms with Crippen molar-refractivity contribution < 1.29 is 9.90 Å². The maximum absolute atomic E-state index is 12.7. The third kappa shape index (κ3) is 2.79. The predicted octanol–water partition coefficient (Wildman–Crippen LogP) is 1.92. The number of hydrogen-bond donors (Lipinski definition) is 2. The number of carbonyl (C=O) groups excluding carboxylic acids is 1. The zero-order valence-electron chi connectivity index (χ0n) is 12.8. The van der Waals surface area contributed by atoms with E-state index in [-0.39, 0.29) is 24.0 Å². The second-order valence-corrected chi connectivity index (χ2v) is 7.38. The molecular formula is C16H20N4O2S. The van der Waals surface area contributed by atoms with Gasteiger partial charge in [0.1, 0.15) is 5.82 Å². The van der Waals surface area contributed by atoms with Gasteiger partial charge in [-0.2, -0.15) is 0 Å². The van der Waals surface area contributed by atoms with Crippen LogP contribution >= 0.6 is 11.3 Å². The van der Waals surface area contributed by atoms with Crippen molar-refractivity contribution in [1.82, 2.24) is 20.1 Å². The number of aromatic nitrogens is 3. The Morgan fingerprint density at radius 1 is 1.39 bits per heavy atom. The number of hydrogen-bond acceptors (Lipinski definition) is 5. The Hall–Kier alpha value is -1.73. The summed E-state index contributed by atoms with van der Waals surface area (Å²) in [5.41, 5.74) is 0. The lowest BCUT2D eigenvalue weighted by Gasteiger charge is -2.37. The highest BCUT2D eigenvalue weighted by Crippen LogP contribution is 2.39. The summed E-state index contributed by atoms with van der Waals surface area (Å²) in [6, 6.07) is 3.98. The molecule has 1 amide bonds. The third-order valence-corrected chi connectivity index (χ3v) is 5.78. The van der Waals surface area contributed by atoms with E-state index in [0.29, 0.717) is 5.82 Å². The van der Waals surface area contributed by atoms with Gasteiger partial charge in [-0.15, -0.1) is 21.5 Å². The van der Waals surface area contributed by atoms with Crippen LogP contribution in [0, 0.1) is 5.92 Å². The summed E-state index contributed by atoms with van der Waals surface area (Å²) in [6.45, 7) is 0.816. The van der Waals surface area contributed by atoms with Crippen molar-refractivity contribution >= 4 is 17.2 Å². The van der Waals surface area contributed by atoms with Crippen molar-refractivity contribution in [3.05, 3.63) is 34.0 Å². The second kappa shape index (κ2) is 6.05. The van der Waals surface area contributed by atoms with Gasteiger partial charge in [0, 0.05) is 17.8 Å². The average Bonchev–Trinajstić information content (AvgIpc) is 3.18. The van der Waals surface area contributed by atoms with E-state index in [2.05, 4.69) is 15.5 Å². The van der Waals surface area contributed by atoms with Gasteiger partial charge in [0.15, 0.2) is 0 Å². The molecule has 6 nitrogen and oxygen atoms in total. The monoisotopic (exact) mass is 332 g/mol. The van der Waals surface area contributed by atoms with Crippen LogP contribution < -0.4 is 5.32 Å². The van der Waals surface area contributed by atoms with Crippen molar-refractivity contribution in [3.8, 4) is 0 Å². The largest absolute Gasteiger partial charge is 0.393 e. The maximum Gasteiger partial charge on any atom is 0.289 e. The molecule has 0 spiro atoms. The molecular weight excluding hydrogens is 312 g/mol. The number of fused-ring (bicyclic) bond motifs is 1. The van der Waals surface area contributed by atoms with E-state index < -0.39 is 0 Å². The molecule has 1 unspecified atom stereocenters. The number of aliphatic hydroxyl groups is 1. The van der Waals surface area contributed by atoms with E-state index in [0.717, 1.165) is 49.4 Å². The molecule has 1 atom stereocenters. The minimum atomic E-state index is -0.236. The highest BCUT2D eigenvalue weighted by Gasteiger charge is 2.37. The standard InChI is InChI=1S/C16H20N4O2S/c21-11-8-10(9-11)14(12-4-3-7-23-12)17-16(22)15-19-18-13-5-1-2-6-20(13)15/h3-4,7,10-11,14,21H,1-2,5-6,8-9H2,(H,17,22). The van der Waals surface area contributed by atoms with Crippen LogP contribution in [0.15, 0.2) is 17.5 Å². The fourth-order valence-corrected chi connectivity index (χ4v) is 4.34. The number of carbonyl (C=O) groups is 1. The molecule has 23 heavy (non-hydrogen) atoms. The lowest BCUT2D eigenvalue weighted by atomic mass is 9.77. The number of nitrogens with one attached hydrogen (secondary N) is 1. The average molecular weight is 332 g/mol. The summed E-state index contributed by atoms with van der Waals surface area (Å²) in [7, 11) is 0. The number of aryl methyl sites for hydroxylation is 1. The van der Waals surface area contributed by atoms with Crippen LogP contribution in [-0.4, -0.2) is 31.9 Å². The molecule has 122 valence electrons. The molecule has 2 aliphatic rings. The predicted molar refractivity (Wildman–Crippen MR) is 86.2 cm³/mol. The van der Waals surface area contributed by atoms with Gasteiger partial charge < -0.3 is 15.0 Å². The summed E-state index contributed by atoms with van der Waals surface area (Å²) in [5, 5.41) is 23.0. The summed E-state index contributed by atoms with van der Waals surface area (Å²) in [5.74, 6) is 1.45. The molecule has 1 fully saturated rings. The van der Waals surface area contributed by atoms with Crippen LogP contribution in [0.5, 0.6) is 0 Å². The molecule has 0 radical (unpaired) electrons. The normalized spacial score (nSPS) is 24.6. The van der Waals surface area contributed by atoms with Gasteiger partial charge in [0.2, 0.25) is 5.82 Å². The van der Waals surface area contributed by atoms with Gasteiger partial charge in [-0.25, -0.2) is 0 Å². The minimum Gasteiger partial charge on any atom is -0.393 e. The molecule has 0 saturated heterocycles. The quantitative estimate of drug-likeness (QED) is 0.896. The van der Waals surface area contributed by atoms with Gasteiger partial charge in [-0.1, -0.05) is 6.07 Å². The zero-order valence-corrected chi connectivity index (χ0v) is 13.6. The Kier molecular flexibility index (Phi) is 3.90. The van der Waals surface area contributed by atoms with Gasteiger partial charge in [0.05, 0.1) is 12.1 Å². The smallest absolute Gasteiger partial charge is 0.289 e. The number of rotatable bonds is 4. The second-order valence-electron chi connectivity index (χ2n) is 6.40. The van der Waals surface area contributed by atoms with E-state index >= 15 is 0 Å². The lowest BCUT2D eigenvalue weighted by molar-refractivity contribution is 0.0239. The Morgan fingerprint density at radius 3 is 3.00 bits per heavy atom. The fourth-order valence-electron chi connectivity index (χ4n) is 3.47. The third-order valence-electron chi connectivity index (χ3n) is 4.82. The molecule has 1 aliphatic carbocycles. The molecule has 1 aliphatic heterocycles. The van der Waals surface area contributed by atoms with Crippen molar-refractivity contribution in [2.24, 2.45) is 5.92 Å². The molecule has 2 N–H and O–H groups in total. The first-order valence-electron chi connectivity index (χ1n) is 8.17. The van der Waals surface area contributed by atoms with E-state index in [1.165, 1.54) is 0 Å². The number of thiophene rings is 1. The molecule has 2 aromatic heterocycles. The van der Waals surface area contributed by atoms with E-state index in [1.54, 1.807) is 11.3 Å².